The van der Waals surface area contributed by atoms with Gasteiger partial charge in [-0.3, -0.25) is 14.9 Å². The van der Waals surface area contributed by atoms with Gasteiger partial charge in [0.1, 0.15) is 5.69 Å². The SMILES string of the molecule is Cc1ccc(-n2nnnc2SCC(=O)Nc2c([N+](=O)[O-])ccc(C)c2C)c(C)c1. The molecule has 1 N–H and O–H groups in total. The zero-order valence-electron chi connectivity index (χ0n) is 16.5. The third-order valence-corrected chi connectivity index (χ3v) is 5.45. The fraction of sp³-hybridized carbons (Fsp3) is 0.263. The van der Waals surface area contributed by atoms with Gasteiger partial charge in [0.05, 0.1) is 16.4 Å². The van der Waals surface area contributed by atoms with E-state index in [4.69, 9.17) is 0 Å². The van der Waals surface area contributed by atoms with Gasteiger partial charge in [0.25, 0.3) is 5.69 Å². The first-order valence-electron chi connectivity index (χ1n) is 8.81. The van der Waals surface area contributed by atoms with Crippen LogP contribution in [0.4, 0.5) is 11.4 Å². The summed E-state index contributed by atoms with van der Waals surface area (Å²) in [6, 6.07) is 8.97. The number of carbonyl (C=O) groups excluding carboxylic acids is 1. The number of aromatic nitrogens is 4. The molecule has 0 saturated heterocycles. The number of nitrogens with zero attached hydrogens (tertiary/aromatic N) is 5. The van der Waals surface area contributed by atoms with Gasteiger partial charge < -0.3 is 5.32 Å². The monoisotopic (exact) mass is 412 g/mol. The molecule has 0 saturated carbocycles. The number of thioether (sulfide) groups is 1. The highest BCUT2D eigenvalue weighted by Gasteiger charge is 2.20. The van der Waals surface area contributed by atoms with Crippen molar-refractivity contribution in [2.24, 2.45) is 0 Å². The minimum Gasteiger partial charge on any atom is -0.319 e. The summed E-state index contributed by atoms with van der Waals surface area (Å²) in [6.45, 7) is 7.54. The number of rotatable bonds is 6. The lowest BCUT2D eigenvalue weighted by molar-refractivity contribution is -0.384. The number of nitrogens with one attached hydrogen (secondary N) is 1. The average molecular weight is 412 g/mol. The van der Waals surface area contributed by atoms with Gasteiger partial charge in [-0.25, -0.2) is 0 Å². The maximum Gasteiger partial charge on any atom is 0.293 e. The second-order valence-electron chi connectivity index (χ2n) is 6.66. The van der Waals surface area contributed by atoms with Crippen LogP contribution in [-0.2, 0) is 4.79 Å². The van der Waals surface area contributed by atoms with Gasteiger partial charge in [-0.1, -0.05) is 35.5 Å². The molecular weight excluding hydrogens is 392 g/mol. The van der Waals surface area contributed by atoms with Gasteiger partial charge in [0.15, 0.2) is 0 Å². The molecule has 0 atom stereocenters. The highest BCUT2D eigenvalue weighted by atomic mass is 32.2. The predicted octanol–water partition coefficient (Wildman–Crippen LogP) is 3.53. The first kappa shape index (κ1) is 20.5. The maximum atomic E-state index is 12.5. The van der Waals surface area contributed by atoms with Crippen LogP contribution in [0.3, 0.4) is 0 Å². The van der Waals surface area contributed by atoms with Crippen LogP contribution in [0, 0.1) is 37.8 Å². The highest BCUT2D eigenvalue weighted by Crippen LogP contribution is 2.30. The molecule has 0 unspecified atom stereocenters. The Labute approximate surface area is 171 Å². The Morgan fingerprint density at radius 3 is 2.62 bits per heavy atom. The topological polar surface area (TPSA) is 116 Å². The largest absolute Gasteiger partial charge is 0.319 e. The number of carbonyl (C=O) groups is 1. The van der Waals surface area contributed by atoms with E-state index in [0.717, 1.165) is 34.1 Å². The third kappa shape index (κ3) is 4.43. The van der Waals surface area contributed by atoms with Crippen molar-refractivity contribution in [1.29, 1.82) is 0 Å². The Bertz CT molecular complexity index is 1100. The number of amides is 1. The molecule has 0 fully saturated rings. The van der Waals surface area contributed by atoms with Crippen LogP contribution in [0.15, 0.2) is 35.5 Å². The van der Waals surface area contributed by atoms with Crippen LogP contribution in [0.25, 0.3) is 5.69 Å². The first-order chi connectivity index (χ1) is 13.8. The Morgan fingerprint density at radius 2 is 1.93 bits per heavy atom. The molecule has 1 heterocycles. The molecule has 10 heteroatoms. The second kappa shape index (κ2) is 8.39. The number of hydrogen-bond donors (Lipinski definition) is 1. The van der Waals surface area contributed by atoms with E-state index < -0.39 is 4.92 Å². The minimum atomic E-state index is -0.504. The smallest absolute Gasteiger partial charge is 0.293 e. The van der Waals surface area contributed by atoms with Gasteiger partial charge in [-0.15, -0.1) is 5.10 Å². The number of nitro groups is 1. The average Bonchev–Trinajstić information content (AvgIpc) is 3.12. The number of tetrazole rings is 1. The van der Waals surface area contributed by atoms with Crippen LogP contribution in [0.2, 0.25) is 0 Å². The fourth-order valence-electron chi connectivity index (χ4n) is 2.88. The molecule has 0 aliphatic heterocycles. The molecule has 1 aromatic heterocycles. The lowest BCUT2D eigenvalue weighted by Gasteiger charge is -2.11. The summed E-state index contributed by atoms with van der Waals surface area (Å²) in [5.74, 6) is -0.363. The van der Waals surface area contributed by atoms with Crippen molar-refractivity contribution < 1.29 is 9.72 Å². The Kier molecular flexibility index (Phi) is 5.92. The van der Waals surface area contributed by atoms with E-state index in [-0.39, 0.29) is 23.0 Å². The van der Waals surface area contributed by atoms with E-state index in [1.165, 1.54) is 6.07 Å². The Hall–Kier alpha value is -3.27. The second-order valence-corrected chi connectivity index (χ2v) is 7.60. The summed E-state index contributed by atoms with van der Waals surface area (Å²) in [7, 11) is 0. The zero-order chi connectivity index (χ0) is 21.1. The van der Waals surface area contributed by atoms with Crippen molar-refractivity contribution in [3.05, 3.63) is 62.7 Å². The molecule has 0 aliphatic carbocycles. The molecule has 3 rings (SSSR count). The van der Waals surface area contributed by atoms with Crippen molar-refractivity contribution in [3.63, 3.8) is 0 Å². The van der Waals surface area contributed by atoms with E-state index >= 15 is 0 Å². The number of benzene rings is 2. The maximum absolute atomic E-state index is 12.5. The predicted molar refractivity (Wildman–Crippen MR) is 111 cm³/mol. The van der Waals surface area contributed by atoms with Gasteiger partial charge in [0.2, 0.25) is 11.1 Å². The van der Waals surface area contributed by atoms with Crippen molar-refractivity contribution in [2.75, 3.05) is 11.1 Å². The first-order valence-corrected chi connectivity index (χ1v) is 9.79. The highest BCUT2D eigenvalue weighted by molar-refractivity contribution is 7.99. The molecule has 150 valence electrons. The quantitative estimate of drug-likeness (QED) is 0.374. The standard InChI is InChI=1S/C19H20N6O3S/c1-11-5-7-15(13(3)9-11)24-19(21-22-23-24)29-10-17(26)20-18-14(4)12(2)6-8-16(18)25(27)28/h5-9H,10H2,1-4H3,(H,20,26). The lowest BCUT2D eigenvalue weighted by Crippen LogP contribution is -2.17. The van der Waals surface area contributed by atoms with Crippen molar-refractivity contribution in [3.8, 4) is 5.69 Å². The molecular formula is C19H20N6O3S. The van der Waals surface area contributed by atoms with Crippen LogP contribution < -0.4 is 5.32 Å². The van der Waals surface area contributed by atoms with Gasteiger partial charge >= 0.3 is 0 Å². The minimum absolute atomic E-state index is 0.00974. The summed E-state index contributed by atoms with van der Waals surface area (Å²) in [5, 5.41) is 26.1. The van der Waals surface area contributed by atoms with E-state index in [9.17, 15) is 14.9 Å². The van der Waals surface area contributed by atoms with Crippen molar-refractivity contribution in [1.82, 2.24) is 20.2 Å². The van der Waals surface area contributed by atoms with Gasteiger partial charge in [0, 0.05) is 6.07 Å². The molecule has 9 nitrogen and oxygen atoms in total. The number of anilines is 1. The summed E-state index contributed by atoms with van der Waals surface area (Å²) in [6.07, 6.45) is 0. The summed E-state index contributed by atoms with van der Waals surface area (Å²) in [4.78, 5) is 23.3. The molecule has 0 spiro atoms. The van der Waals surface area contributed by atoms with E-state index in [1.807, 2.05) is 39.0 Å². The van der Waals surface area contributed by atoms with Crippen molar-refractivity contribution in [2.45, 2.75) is 32.9 Å². The third-order valence-electron chi connectivity index (χ3n) is 4.53. The lowest BCUT2D eigenvalue weighted by atomic mass is 10.1. The van der Waals surface area contributed by atoms with E-state index in [0.29, 0.717) is 10.7 Å². The Balaban J connectivity index is 1.76. The Morgan fingerprint density at radius 1 is 1.17 bits per heavy atom. The fourth-order valence-corrected chi connectivity index (χ4v) is 3.56. The molecule has 1 amide bonds. The molecule has 0 aliphatic rings. The van der Waals surface area contributed by atoms with Crippen LogP contribution in [0.1, 0.15) is 22.3 Å². The summed E-state index contributed by atoms with van der Waals surface area (Å²) >= 11 is 1.16. The van der Waals surface area contributed by atoms with Gasteiger partial charge in [-0.2, -0.15) is 4.68 Å². The molecule has 29 heavy (non-hydrogen) atoms. The van der Waals surface area contributed by atoms with Crippen LogP contribution in [0.5, 0.6) is 0 Å². The van der Waals surface area contributed by atoms with Crippen LogP contribution in [-0.4, -0.2) is 36.8 Å². The summed E-state index contributed by atoms with van der Waals surface area (Å²) < 4.78 is 1.58. The molecule has 2 aromatic carbocycles. The summed E-state index contributed by atoms with van der Waals surface area (Å²) in [5.41, 5.74) is 4.57. The zero-order valence-corrected chi connectivity index (χ0v) is 17.3. The van der Waals surface area contributed by atoms with Gasteiger partial charge in [-0.05, 0) is 60.9 Å². The molecule has 0 radical (unpaired) electrons. The normalized spacial score (nSPS) is 10.8. The number of hydrogen-bond acceptors (Lipinski definition) is 7. The number of aryl methyl sites for hydroxylation is 3. The van der Waals surface area contributed by atoms with Crippen molar-refractivity contribution >= 4 is 29.0 Å². The van der Waals surface area contributed by atoms with Crippen LogP contribution >= 0.6 is 11.8 Å². The van der Waals surface area contributed by atoms with E-state index in [1.54, 1.807) is 17.7 Å². The molecule has 3 aromatic rings. The number of nitro benzene ring substituents is 1. The molecule has 0 bridgehead atoms. The van der Waals surface area contributed by atoms with E-state index in [2.05, 4.69) is 20.8 Å².